The Balaban J connectivity index is 2.47. The summed E-state index contributed by atoms with van der Waals surface area (Å²) in [6.45, 7) is 0.388. The van der Waals surface area contributed by atoms with E-state index in [-0.39, 0.29) is 11.2 Å². The Morgan fingerprint density at radius 1 is 1.31 bits per heavy atom. The second-order valence-corrected chi connectivity index (χ2v) is 4.30. The van der Waals surface area contributed by atoms with Crippen molar-refractivity contribution in [3.63, 3.8) is 0 Å². The second kappa shape index (κ2) is 4.01. The highest BCUT2D eigenvalue weighted by Crippen LogP contribution is 2.45. The lowest BCUT2D eigenvalue weighted by Crippen LogP contribution is -2.42. The smallest absolute Gasteiger partial charge is 0.167 e. The Morgan fingerprint density at radius 3 is 2.44 bits per heavy atom. The Hall–Kier alpha value is -1.16. The van der Waals surface area contributed by atoms with E-state index in [0.717, 1.165) is 25.3 Å². The third kappa shape index (κ3) is 1.57. The van der Waals surface area contributed by atoms with Gasteiger partial charge in [0.05, 0.1) is 7.11 Å². The maximum Gasteiger partial charge on any atom is 0.167 e. The summed E-state index contributed by atoms with van der Waals surface area (Å²) in [7, 11) is 1.37. The van der Waals surface area contributed by atoms with Gasteiger partial charge in [-0.15, -0.1) is 0 Å². The summed E-state index contributed by atoms with van der Waals surface area (Å²) in [6.07, 6.45) is 2.75. The Morgan fingerprint density at radius 2 is 2.00 bits per heavy atom. The molecule has 1 fully saturated rings. The number of benzene rings is 1. The molecule has 0 bridgehead atoms. The molecule has 0 aliphatic heterocycles. The van der Waals surface area contributed by atoms with Crippen LogP contribution in [0.4, 0.5) is 8.78 Å². The van der Waals surface area contributed by atoms with Crippen molar-refractivity contribution in [1.82, 2.24) is 0 Å². The Bertz CT molecular complexity index is 397. The number of hydrogen-bond donors (Lipinski definition) is 1. The van der Waals surface area contributed by atoms with Crippen LogP contribution in [0.15, 0.2) is 12.1 Å². The highest BCUT2D eigenvalue weighted by Gasteiger charge is 2.39. The van der Waals surface area contributed by atoms with E-state index in [1.807, 2.05) is 0 Å². The van der Waals surface area contributed by atoms with Gasteiger partial charge in [0.15, 0.2) is 11.6 Å². The lowest BCUT2D eigenvalue weighted by molar-refractivity contribution is 0.242. The SMILES string of the molecule is COc1cc(C2(CN)CCC2)c(F)cc1F. The van der Waals surface area contributed by atoms with Gasteiger partial charge in [0.2, 0.25) is 0 Å². The van der Waals surface area contributed by atoms with Gasteiger partial charge in [0.1, 0.15) is 5.82 Å². The third-order valence-corrected chi connectivity index (χ3v) is 3.51. The second-order valence-electron chi connectivity index (χ2n) is 4.30. The van der Waals surface area contributed by atoms with Crippen LogP contribution in [0.5, 0.6) is 5.75 Å². The monoisotopic (exact) mass is 227 g/mol. The zero-order chi connectivity index (χ0) is 11.8. The zero-order valence-electron chi connectivity index (χ0n) is 9.22. The summed E-state index contributed by atoms with van der Waals surface area (Å²) < 4.78 is 31.8. The Labute approximate surface area is 93.4 Å². The summed E-state index contributed by atoms with van der Waals surface area (Å²) in [5.41, 5.74) is 5.87. The number of methoxy groups -OCH3 is 1. The van der Waals surface area contributed by atoms with Crippen LogP contribution in [0, 0.1) is 11.6 Å². The summed E-state index contributed by atoms with van der Waals surface area (Å²) in [5, 5.41) is 0. The minimum Gasteiger partial charge on any atom is -0.494 e. The highest BCUT2D eigenvalue weighted by atomic mass is 19.1. The van der Waals surface area contributed by atoms with E-state index in [4.69, 9.17) is 10.5 Å². The van der Waals surface area contributed by atoms with Gasteiger partial charge in [-0.25, -0.2) is 8.78 Å². The molecule has 0 heterocycles. The molecule has 1 aliphatic rings. The van der Waals surface area contributed by atoms with Crippen molar-refractivity contribution >= 4 is 0 Å². The standard InChI is InChI=1S/C12H15F2NO/c1-16-11-5-8(9(13)6-10(11)14)12(7-15)3-2-4-12/h5-6H,2-4,7,15H2,1H3. The van der Waals surface area contributed by atoms with E-state index >= 15 is 0 Å². The van der Waals surface area contributed by atoms with Crippen molar-refractivity contribution in [2.45, 2.75) is 24.7 Å². The molecular weight excluding hydrogens is 212 g/mol. The van der Waals surface area contributed by atoms with Crippen LogP contribution in [0.2, 0.25) is 0 Å². The molecule has 2 N–H and O–H groups in total. The van der Waals surface area contributed by atoms with Gasteiger partial charge in [-0.3, -0.25) is 0 Å². The molecule has 0 amide bonds. The van der Waals surface area contributed by atoms with E-state index in [1.165, 1.54) is 13.2 Å². The molecule has 1 aromatic rings. The number of halogens is 2. The van der Waals surface area contributed by atoms with Gasteiger partial charge < -0.3 is 10.5 Å². The molecule has 2 rings (SSSR count). The van der Waals surface area contributed by atoms with Crippen LogP contribution in [0.3, 0.4) is 0 Å². The summed E-state index contributed by atoms with van der Waals surface area (Å²) in [5.74, 6) is -1.12. The van der Waals surface area contributed by atoms with E-state index in [9.17, 15) is 8.78 Å². The number of rotatable bonds is 3. The van der Waals surface area contributed by atoms with E-state index in [2.05, 4.69) is 0 Å². The molecule has 0 atom stereocenters. The number of nitrogens with two attached hydrogens (primary N) is 1. The van der Waals surface area contributed by atoms with E-state index < -0.39 is 11.6 Å². The first-order chi connectivity index (χ1) is 7.63. The van der Waals surface area contributed by atoms with Gasteiger partial charge >= 0.3 is 0 Å². The molecule has 0 radical (unpaired) electrons. The van der Waals surface area contributed by atoms with Gasteiger partial charge in [-0.05, 0) is 24.5 Å². The molecule has 0 spiro atoms. The van der Waals surface area contributed by atoms with Crippen LogP contribution in [0.25, 0.3) is 0 Å². The molecule has 4 heteroatoms. The topological polar surface area (TPSA) is 35.2 Å². The molecule has 0 unspecified atom stereocenters. The first-order valence-electron chi connectivity index (χ1n) is 5.36. The predicted molar refractivity (Wildman–Crippen MR) is 57.5 cm³/mol. The largest absolute Gasteiger partial charge is 0.494 e. The van der Waals surface area contributed by atoms with Crippen molar-refractivity contribution in [1.29, 1.82) is 0 Å². The fourth-order valence-corrected chi connectivity index (χ4v) is 2.28. The summed E-state index contributed by atoms with van der Waals surface area (Å²) >= 11 is 0. The van der Waals surface area contributed by atoms with Gasteiger partial charge in [-0.1, -0.05) is 6.42 Å². The first-order valence-corrected chi connectivity index (χ1v) is 5.36. The van der Waals surface area contributed by atoms with E-state index in [0.29, 0.717) is 12.1 Å². The van der Waals surface area contributed by atoms with Crippen LogP contribution in [-0.4, -0.2) is 13.7 Å². The van der Waals surface area contributed by atoms with Gasteiger partial charge in [-0.2, -0.15) is 0 Å². The first kappa shape index (κ1) is 11.3. The minimum atomic E-state index is -0.671. The lowest BCUT2D eigenvalue weighted by atomic mass is 9.64. The van der Waals surface area contributed by atoms with Crippen molar-refractivity contribution in [3.05, 3.63) is 29.3 Å². The molecule has 1 aliphatic carbocycles. The van der Waals surface area contributed by atoms with Crippen molar-refractivity contribution < 1.29 is 13.5 Å². The van der Waals surface area contributed by atoms with Crippen molar-refractivity contribution in [3.8, 4) is 5.75 Å². The molecule has 0 saturated heterocycles. The average Bonchev–Trinajstić information content (AvgIpc) is 2.20. The minimum absolute atomic E-state index is 0.0797. The maximum atomic E-state index is 13.7. The van der Waals surface area contributed by atoms with E-state index in [1.54, 1.807) is 0 Å². The van der Waals surface area contributed by atoms with Crippen LogP contribution in [-0.2, 0) is 5.41 Å². The predicted octanol–water partition coefficient (Wildman–Crippen LogP) is 2.35. The number of ether oxygens (including phenoxy) is 1. The molecule has 2 nitrogen and oxygen atoms in total. The molecule has 88 valence electrons. The summed E-state index contributed by atoms with van der Waals surface area (Å²) in [6, 6.07) is 2.32. The molecular formula is C12H15F2NO. The summed E-state index contributed by atoms with van der Waals surface area (Å²) in [4.78, 5) is 0. The number of hydrogen-bond acceptors (Lipinski definition) is 2. The lowest BCUT2D eigenvalue weighted by Gasteiger charge is -2.41. The van der Waals surface area contributed by atoms with Gasteiger partial charge in [0.25, 0.3) is 0 Å². The molecule has 1 aromatic carbocycles. The fourth-order valence-electron chi connectivity index (χ4n) is 2.28. The van der Waals surface area contributed by atoms with Crippen molar-refractivity contribution in [2.24, 2.45) is 5.73 Å². The van der Waals surface area contributed by atoms with Crippen molar-refractivity contribution in [2.75, 3.05) is 13.7 Å². The highest BCUT2D eigenvalue weighted by molar-refractivity contribution is 5.38. The fraction of sp³-hybridized carbons (Fsp3) is 0.500. The van der Waals surface area contributed by atoms with Crippen LogP contribution in [0.1, 0.15) is 24.8 Å². The molecule has 16 heavy (non-hydrogen) atoms. The Kier molecular flexibility index (Phi) is 2.84. The molecule has 0 aromatic heterocycles. The maximum absolute atomic E-state index is 13.7. The van der Waals surface area contributed by atoms with Crippen LogP contribution >= 0.6 is 0 Å². The quantitative estimate of drug-likeness (QED) is 0.860. The normalized spacial score (nSPS) is 18.0. The van der Waals surface area contributed by atoms with Crippen LogP contribution < -0.4 is 10.5 Å². The third-order valence-electron chi connectivity index (χ3n) is 3.51. The average molecular weight is 227 g/mol. The molecule has 1 saturated carbocycles. The van der Waals surface area contributed by atoms with Gasteiger partial charge in [0, 0.05) is 18.0 Å². The zero-order valence-corrected chi connectivity index (χ0v) is 9.22.